The molecule has 0 saturated carbocycles. The molecule has 0 spiro atoms. The number of aromatic hydroxyl groups is 1. The smallest absolute Gasteiger partial charge is 0.325 e. The summed E-state index contributed by atoms with van der Waals surface area (Å²) in [7, 11) is 0. The first-order valence-electron chi connectivity index (χ1n) is 11.4. The van der Waals surface area contributed by atoms with Gasteiger partial charge in [0.25, 0.3) is 0 Å². The second kappa shape index (κ2) is 12.2. The Bertz CT molecular complexity index is 950. The molecule has 5 atom stereocenters. The first-order valence-corrected chi connectivity index (χ1v) is 11.4. The average Bonchev–Trinajstić information content (AvgIpc) is 3.29. The van der Waals surface area contributed by atoms with E-state index < -0.39 is 53.9 Å². The summed E-state index contributed by atoms with van der Waals surface area (Å²) in [6.07, 6.45) is 1.08. The number of phenols is 1. The van der Waals surface area contributed by atoms with E-state index in [4.69, 9.17) is 10.8 Å². The Morgan fingerprint density at radius 1 is 1.00 bits per heavy atom. The van der Waals surface area contributed by atoms with Crippen molar-refractivity contribution in [2.45, 2.75) is 70.2 Å². The van der Waals surface area contributed by atoms with Gasteiger partial charge in [0.1, 0.15) is 29.9 Å². The van der Waals surface area contributed by atoms with Crippen LogP contribution in [0.15, 0.2) is 24.3 Å². The predicted molar refractivity (Wildman–Crippen MR) is 125 cm³/mol. The molecule has 1 aliphatic heterocycles. The Hall–Kier alpha value is -3.67. The monoisotopic (exact) mass is 491 g/mol. The highest BCUT2D eigenvalue weighted by Gasteiger charge is 2.37. The van der Waals surface area contributed by atoms with E-state index in [1.54, 1.807) is 12.1 Å². The third kappa shape index (κ3) is 7.67. The van der Waals surface area contributed by atoms with Crippen molar-refractivity contribution >= 4 is 29.6 Å². The van der Waals surface area contributed by atoms with Gasteiger partial charge in [-0.05, 0) is 51.3 Å². The van der Waals surface area contributed by atoms with Crippen molar-refractivity contribution in [3.8, 4) is 5.75 Å². The molecule has 1 saturated heterocycles. The molecule has 2 rings (SSSR count). The molecule has 12 nitrogen and oxygen atoms in total. The molecule has 1 aromatic rings. The number of carbonyl (C=O) groups excluding carboxylic acids is 4. The van der Waals surface area contributed by atoms with Crippen LogP contribution in [0.3, 0.4) is 0 Å². The van der Waals surface area contributed by atoms with Gasteiger partial charge in [-0.3, -0.25) is 24.0 Å². The molecule has 0 bridgehead atoms. The molecule has 7 N–H and O–H groups in total. The third-order valence-corrected chi connectivity index (χ3v) is 5.72. The molecule has 4 amide bonds. The molecule has 1 aromatic carbocycles. The number of nitrogens with one attached hydrogen (secondary N) is 3. The van der Waals surface area contributed by atoms with Gasteiger partial charge in [0, 0.05) is 13.0 Å². The molecular formula is C23H33N5O7. The quantitative estimate of drug-likeness (QED) is 0.236. The molecular weight excluding hydrogens is 458 g/mol. The van der Waals surface area contributed by atoms with Crippen LogP contribution in [-0.2, 0) is 30.4 Å². The summed E-state index contributed by atoms with van der Waals surface area (Å²) in [5, 5.41) is 25.9. The van der Waals surface area contributed by atoms with E-state index in [9.17, 15) is 29.1 Å². The lowest BCUT2D eigenvalue weighted by Crippen LogP contribution is -2.57. The highest BCUT2D eigenvalue weighted by molar-refractivity contribution is 5.95. The van der Waals surface area contributed by atoms with Gasteiger partial charge in [-0.15, -0.1) is 0 Å². The largest absolute Gasteiger partial charge is 0.508 e. The van der Waals surface area contributed by atoms with E-state index in [0.29, 0.717) is 24.9 Å². The molecule has 0 aromatic heterocycles. The summed E-state index contributed by atoms with van der Waals surface area (Å²) in [5.74, 6) is -3.44. The van der Waals surface area contributed by atoms with Crippen molar-refractivity contribution in [2.75, 3.05) is 6.54 Å². The maximum Gasteiger partial charge on any atom is 0.325 e. The Balaban J connectivity index is 2.16. The number of hydrogen-bond donors (Lipinski definition) is 6. The van der Waals surface area contributed by atoms with Crippen molar-refractivity contribution in [1.29, 1.82) is 0 Å². The van der Waals surface area contributed by atoms with Gasteiger partial charge in [0.05, 0.1) is 6.04 Å². The average molecular weight is 492 g/mol. The molecule has 12 heteroatoms. The first-order chi connectivity index (χ1) is 16.4. The zero-order valence-corrected chi connectivity index (χ0v) is 20.0. The molecule has 35 heavy (non-hydrogen) atoms. The van der Waals surface area contributed by atoms with Crippen molar-refractivity contribution in [1.82, 2.24) is 20.9 Å². The fourth-order valence-corrected chi connectivity index (χ4v) is 3.69. The van der Waals surface area contributed by atoms with E-state index in [1.807, 2.05) is 0 Å². The number of rotatable bonds is 10. The summed E-state index contributed by atoms with van der Waals surface area (Å²) in [4.78, 5) is 63.2. The summed E-state index contributed by atoms with van der Waals surface area (Å²) in [5.41, 5.74) is 6.33. The van der Waals surface area contributed by atoms with Gasteiger partial charge in [-0.25, -0.2) is 0 Å². The van der Waals surface area contributed by atoms with Crippen molar-refractivity contribution in [3.05, 3.63) is 29.8 Å². The highest BCUT2D eigenvalue weighted by atomic mass is 16.4. The Morgan fingerprint density at radius 3 is 2.17 bits per heavy atom. The molecule has 1 aliphatic rings. The van der Waals surface area contributed by atoms with Crippen LogP contribution >= 0.6 is 0 Å². The maximum absolute atomic E-state index is 13.1. The van der Waals surface area contributed by atoms with E-state index in [0.717, 1.165) is 0 Å². The highest BCUT2D eigenvalue weighted by Crippen LogP contribution is 2.19. The van der Waals surface area contributed by atoms with Crippen LogP contribution in [0.1, 0.15) is 39.2 Å². The minimum absolute atomic E-state index is 0.0349. The third-order valence-electron chi connectivity index (χ3n) is 5.72. The predicted octanol–water partition coefficient (Wildman–Crippen LogP) is -1.15. The lowest BCUT2D eigenvalue weighted by atomic mass is 10.0. The fraction of sp³-hybridized carbons (Fsp3) is 0.522. The van der Waals surface area contributed by atoms with E-state index in [1.165, 1.54) is 37.8 Å². The number of carboxylic acid groups (broad SMARTS) is 1. The summed E-state index contributed by atoms with van der Waals surface area (Å²) in [6, 6.07) is 1.18. The van der Waals surface area contributed by atoms with Gasteiger partial charge in [-0.1, -0.05) is 12.1 Å². The normalized spacial score (nSPS) is 18.6. The van der Waals surface area contributed by atoms with Crippen LogP contribution in [-0.4, -0.2) is 81.5 Å². The second-order valence-corrected chi connectivity index (χ2v) is 8.71. The van der Waals surface area contributed by atoms with Gasteiger partial charge in [0.2, 0.25) is 23.6 Å². The number of phenolic OH excluding ortho intramolecular Hbond substituents is 1. The summed E-state index contributed by atoms with van der Waals surface area (Å²) >= 11 is 0. The van der Waals surface area contributed by atoms with E-state index >= 15 is 0 Å². The lowest BCUT2D eigenvalue weighted by molar-refractivity contribution is -0.141. The number of benzene rings is 1. The molecule has 192 valence electrons. The number of amides is 4. The van der Waals surface area contributed by atoms with Crippen molar-refractivity contribution in [3.63, 3.8) is 0 Å². The number of hydrogen-bond acceptors (Lipinski definition) is 7. The van der Waals surface area contributed by atoms with Crippen molar-refractivity contribution in [2.24, 2.45) is 5.73 Å². The maximum atomic E-state index is 13.1. The zero-order valence-electron chi connectivity index (χ0n) is 20.0. The van der Waals surface area contributed by atoms with Gasteiger partial charge >= 0.3 is 5.97 Å². The first kappa shape index (κ1) is 27.6. The topological polar surface area (TPSA) is 191 Å². The number of carbonyl (C=O) groups is 5. The molecule has 0 unspecified atom stereocenters. The van der Waals surface area contributed by atoms with Crippen LogP contribution in [0.5, 0.6) is 5.75 Å². The number of nitrogens with zero attached hydrogens (tertiary/aromatic N) is 1. The number of likely N-dealkylation sites (tertiary alicyclic amines) is 1. The summed E-state index contributed by atoms with van der Waals surface area (Å²) in [6.45, 7) is 4.60. The molecule has 1 fully saturated rings. The zero-order chi connectivity index (χ0) is 26.3. The van der Waals surface area contributed by atoms with Crippen LogP contribution in [0.4, 0.5) is 0 Å². The number of carboxylic acids is 1. The number of aliphatic carboxylic acids is 1. The lowest BCUT2D eigenvalue weighted by Gasteiger charge is -2.28. The minimum atomic E-state index is -1.23. The Morgan fingerprint density at radius 2 is 1.60 bits per heavy atom. The summed E-state index contributed by atoms with van der Waals surface area (Å²) < 4.78 is 0. The van der Waals surface area contributed by atoms with Crippen LogP contribution in [0.2, 0.25) is 0 Å². The molecule has 0 radical (unpaired) electrons. The van der Waals surface area contributed by atoms with Crippen LogP contribution < -0.4 is 21.7 Å². The Kier molecular flexibility index (Phi) is 9.58. The van der Waals surface area contributed by atoms with Crippen LogP contribution in [0, 0.1) is 0 Å². The fourth-order valence-electron chi connectivity index (χ4n) is 3.69. The van der Waals surface area contributed by atoms with E-state index in [-0.39, 0.29) is 18.1 Å². The van der Waals surface area contributed by atoms with Gasteiger partial charge in [0.15, 0.2) is 0 Å². The minimum Gasteiger partial charge on any atom is -0.508 e. The Labute approximate surface area is 203 Å². The van der Waals surface area contributed by atoms with Crippen molar-refractivity contribution < 1.29 is 34.2 Å². The van der Waals surface area contributed by atoms with Gasteiger partial charge in [-0.2, -0.15) is 0 Å². The standard InChI is InChI=1S/C23H33N5O7/c1-12(24)22(33)28-10-4-5-18(28)21(32)27-17(11-15-6-8-16(29)9-7-15)20(31)25-13(2)19(30)26-14(3)23(34)35/h6-9,12-14,17-18,29H,4-5,10-11,24H2,1-3H3,(H,25,31)(H,26,30)(H,27,32)(H,34,35)/t12-,13-,14-,17-,18-/m0/s1. The SMILES string of the molecule is C[C@H](N)C(=O)N1CCC[C@H]1C(=O)N[C@@H](Cc1ccc(O)cc1)C(=O)N[C@@H](C)C(=O)N[C@@H](C)C(=O)O. The van der Waals surface area contributed by atoms with Crippen LogP contribution in [0.25, 0.3) is 0 Å². The molecule has 0 aliphatic carbocycles. The second-order valence-electron chi connectivity index (χ2n) is 8.71. The molecule has 1 heterocycles. The number of nitrogens with two attached hydrogens (primary N) is 1. The van der Waals surface area contributed by atoms with Gasteiger partial charge < -0.3 is 36.8 Å². The van der Waals surface area contributed by atoms with E-state index in [2.05, 4.69) is 16.0 Å².